The normalized spacial score (nSPS) is 14.7. The number of carbonyl (C=O) groups is 1. The number of nitrogens with one attached hydrogen (secondary N) is 1. The molecule has 0 spiro atoms. The Bertz CT molecular complexity index is 846. The third kappa shape index (κ3) is 7.52. The van der Waals surface area contributed by atoms with Gasteiger partial charge in [-0.25, -0.2) is 0 Å². The molecule has 168 valence electrons. The van der Waals surface area contributed by atoms with Crippen LogP contribution in [-0.2, 0) is 12.8 Å². The topological polar surface area (TPSA) is 47.9 Å². The molecule has 1 N–H and O–H groups in total. The average Bonchev–Trinajstić information content (AvgIpc) is 2.78. The third-order valence-electron chi connectivity index (χ3n) is 5.77. The maximum absolute atomic E-state index is 12.2. The molecule has 0 saturated carbocycles. The van der Waals surface area contributed by atoms with Gasteiger partial charge in [0.1, 0.15) is 0 Å². The van der Waals surface area contributed by atoms with Gasteiger partial charge >= 0.3 is 0 Å². The number of halogens is 1. The number of carbonyl (C=O) groups excluding carboxylic acids is 1. The number of hydrogen-bond donors (Lipinski definition) is 1. The summed E-state index contributed by atoms with van der Waals surface area (Å²) in [6.07, 6.45) is 4.43. The van der Waals surface area contributed by atoms with Crippen molar-refractivity contribution in [2.24, 2.45) is 10.9 Å². The number of rotatable bonds is 6. The highest BCUT2D eigenvalue weighted by Gasteiger charge is 2.21. The van der Waals surface area contributed by atoms with E-state index >= 15 is 0 Å². The summed E-state index contributed by atoms with van der Waals surface area (Å²) in [7, 11) is 5.42. The van der Waals surface area contributed by atoms with Crippen molar-refractivity contribution in [3.63, 3.8) is 0 Å². The summed E-state index contributed by atoms with van der Waals surface area (Å²) in [5.41, 5.74) is 3.34. The van der Waals surface area contributed by atoms with Gasteiger partial charge in [0.05, 0.1) is 0 Å². The first kappa shape index (κ1) is 25.2. The Morgan fingerprint density at radius 3 is 2.39 bits per heavy atom. The lowest BCUT2D eigenvalue weighted by atomic mass is 9.90. The van der Waals surface area contributed by atoms with Crippen LogP contribution < -0.4 is 5.32 Å². The molecule has 6 heteroatoms. The molecule has 5 nitrogen and oxygen atoms in total. The summed E-state index contributed by atoms with van der Waals surface area (Å²) < 4.78 is 0. The molecule has 0 aliphatic carbocycles. The van der Waals surface area contributed by atoms with Gasteiger partial charge in [-0.15, -0.1) is 24.0 Å². The highest BCUT2D eigenvalue weighted by atomic mass is 127. The minimum atomic E-state index is 0. The van der Waals surface area contributed by atoms with Crippen LogP contribution in [0.15, 0.2) is 59.6 Å². The lowest BCUT2D eigenvalue weighted by molar-refractivity contribution is 0.0827. The molecule has 1 fully saturated rings. The Balaban J connectivity index is 0.00000341. The first-order chi connectivity index (χ1) is 14.6. The summed E-state index contributed by atoms with van der Waals surface area (Å²) in [6, 6.07) is 18.7. The molecule has 3 rings (SSSR count). The van der Waals surface area contributed by atoms with E-state index in [0.29, 0.717) is 0 Å². The van der Waals surface area contributed by atoms with Gasteiger partial charge in [0.15, 0.2) is 5.96 Å². The van der Waals surface area contributed by atoms with E-state index in [1.165, 1.54) is 24.8 Å². The van der Waals surface area contributed by atoms with Crippen molar-refractivity contribution >= 4 is 35.8 Å². The Morgan fingerprint density at radius 2 is 1.74 bits per heavy atom. The van der Waals surface area contributed by atoms with Crippen molar-refractivity contribution in [1.29, 1.82) is 0 Å². The van der Waals surface area contributed by atoms with Gasteiger partial charge in [-0.2, -0.15) is 0 Å². The van der Waals surface area contributed by atoms with E-state index in [1.807, 2.05) is 25.2 Å². The summed E-state index contributed by atoms with van der Waals surface area (Å²) in [5.74, 6) is 1.77. The second-order valence-corrected chi connectivity index (χ2v) is 8.24. The van der Waals surface area contributed by atoms with Crippen LogP contribution in [0.1, 0.15) is 34.3 Å². The van der Waals surface area contributed by atoms with E-state index < -0.39 is 0 Å². The quantitative estimate of drug-likeness (QED) is 0.345. The number of benzene rings is 2. The van der Waals surface area contributed by atoms with Gasteiger partial charge in [-0.3, -0.25) is 9.79 Å². The maximum Gasteiger partial charge on any atom is 0.253 e. The molecule has 1 saturated heterocycles. The molecule has 1 aliphatic rings. The van der Waals surface area contributed by atoms with E-state index in [1.54, 1.807) is 19.0 Å². The molecule has 0 radical (unpaired) electrons. The van der Waals surface area contributed by atoms with Gasteiger partial charge in [-0.1, -0.05) is 42.5 Å². The van der Waals surface area contributed by atoms with Crippen molar-refractivity contribution in [3.05, 3.63) is 71.3 Å². The smallest absolute Gasteiger partial charge is 0.253 e. The number of nitrogens with zero attached hydrogens (tertiary/aromatic N) is 3. The number of likely N-dealkylation sites (tertiary alicyclic amines) is 1. The zero-order chi connectivity index (χ0) is 21.3. The fraction of sp³-hybridized carbons (Fsp3) is 0.440. The zero-order valence-electron chi connectivity index (χ0n) is 18.9. The number of piperidine rings is 1. The summed E-state index contributed by atoms with van der Waals surface area (Å²) >= 11 is 0. The van der Waals surface area contributed by atoms with Crippen LogP contribution in [0.2, 0.25) is 0 Å². The largest absolute Gasteiger partial charge is 0.356 e. The number of guanidine groups is 1. The molecular formula is C25H35IN4O. The van der Waals surface area contributed by atoms with Crippen LogP contribution in [0.4, 0.5) is 0 Å². The van der Waals surface area contributed by atoms with Crippen LogP contribution in [-0.4, -0.2) is 62.4 Å². The van der Waals surface area contributed by atoms with Gasteiger partial charge in [0, 0.05) is 46.3 Å². The van der Waals surface area contributed by atoms with E-state index in [0.717, 1.165) is 49.1 Å². The van der Waals surface area contributed by atoms with Crippen LogP contribution in [0.3, 0.4) is 0 Å². The molecule has 2 aromatic rings. The highest BCUT2D eigenvalue weighted by Crippen LogP contribution is 2.21. The van der Waals surface area contributed by atoms with Gasteiger partial charge in [0.25, 0.3) is 5.91 Å². The van der Waals surface area contributed by atoms with Crippen molar-refractivity contribution in [2.45, 2.75) is 25.7 Å². The number of hydrogen-bond acceptors (Lipinski definition) is 2. The van der Waals surface area contributed by atoms with Gasteiger partial charge in [-0.05, 0) is 54.9 Å². The fourth-order valence-electron chi connectivity index (χ4n) is 4.07. The van der Waals surface area contributed by atoms with Crippen LogP contribution in [0.5, 0.6) is 0 Å². The molecule has 31 heavy (non-hydrogen) atoms. The van der Waals surface area contributed by atoms with Gasteiger partial charge in [0.2, 0.25) is 0 Å². The highest BCUT2D eigenvalue weighted by molar-refractivity contribution is 14.0. The predicted octanol–water partition coefficient (Wildman–Crippen LogP) is 4.08. The molecule has 0 unspecified atom stereocenters. The maximum atomic E-state index is 12.2. The van der Waals surface area contributed by atoms with Crippen LogP contribution in [0.25, 0.3) is 0 Å². The molecule has 0 aromatic heterocycles. The lowest BCUT2D eigenvalue weighted by Gasteiger charge is -2.34. The van der Waals surface area contributed by atoms with E-state index in [-0.39, 0.29) is 29.9 Å². The van der Waals surface area contributed by atoms with E-state index in [4.69, 9.17) is 0 Å². The second-order valence-electron chi connectivity index (χ2n) is 8.24. The Morgan fingerprint density at radius 1 is 1.06 bits per heavy atom. The molecule has 0 atom stereocenters. The minimum absolute atomic E-state index is 0. The lowest BCUT2D eigenvalue weighted by Crippen LogP contribution is -2.46. The summed E-state index contributed by atoms with van der Waals surface area (Å²) in [5, 5.41) is 3.50. The SMILES string of the molecule is CN=C(NCCc1cccc(C(=O)N(C)C)c1)N1CCC(Cc2ccccc2)CC1.I. The average molecular weight is 534 g/mol. The van der Waals surface area contributed by atoms with E-state index in [9.17, 15) is 4.79 Å². The number of aliphatic imine (C=N–C) groups is 1. The first-order valence-corrected chi connectivity index (χ1v) is 10.9. The van der Waals surface area contributed by atoms with Crippen LogP contribution >= 0.6 is 24.0 Å². The summed E-state index contributed by atoms with van der Waals surface area (Å²) in [4.78, 5) is 20.6. The molecule has 1 heterocycles. The standard InChI is InChI=1S/C25H34N4O.HI/c1-26-25(27-15-12-21-10-7-11-23(19-21)24(30)28(2)3)29-16-13-22(14-17-29)18-20-8-5-4-6-9-20;/h4-11,19,22H,12-18H2,1-3H3,(H,26,27);1H. The molecule has 1 aliphatic heterocycles. The second kappa shape index (κ2) is 12.7. The summed E-state index contributed by atoms with van der Waals surface area (Å²) in [6.45, 7) is 2.89. The Kier molecular flexibility index (Phi) is 10.3. The fourth-order valence-corrected chi connectivity index (χ4v) is 4.07. The monoisotopic (exact) mass is 534 g/mol. The third-order valence-corrected chi connectivity index (χ3v) is 5.77. The Hall–Kier alpha value is -2.09. The van der Waals surface area contributed by atoms with Crippen molar-refractivity contribution < 1.29 is 4.79 Å². The molecule has 2 aromatic carbocycles. The first-order valence-electron chi connectivity index (χ1n) is 10.9. The van der Waals surface area contributed by atoms with E-state index in [2.05, 4.69) is 51.6 Å². The zero-order valence-corrected chi connectivity index (χ0v) is 21.2. The minimum Gasteiger partial charge on any atom is -0.356 e. The molecule has 0 bridgehead atoms. The van der Waals surface area contributed by atoms with Crippen molar-refractivity contribution in [3.8, 4) is 0 Å². The molecule has 1 amide bonds. The molecular weight excluding hydrogens is 499 g/mol. The van der Waals surface area contributed by atoms with Crippen molar-refractivity contribution in [1.82, 2.24) is 15.1 Å². The predicted molar refractivity (Wildman–Crippen MR) is 139 cm³/mol. The Labute approximate surface area is 203 Å². The number of amides is 1. The van der Waals surface area contributed by atoms with Crippen molar-refractivity contribution in [2.75, 3.05) is 40.8 Å². The van der Waals surface area contributed by atoms with Gasteiger partial charge < -0.3 is 15.1 Å². The van der Waals surface area contributed by atoms with Crippen LogP contribution in [0, 0.1) is 5.92 Å².